The quantitative estimate of drug-likeness (QED) is 0.473. The molecule has 2 heterocycles. The molecular formula is C22H23N3O6S. The lowest BCUT2D eigenvalue weighted by Gasteiger charge is -2.24. The Morgan fingerprint density at radius 2 is 1.97 bits per heavy atom. The zero-order valence-corrected chi connectivity index (χ0v) is 18.3. The van der Waals surface area contributed by atoms with E-state index in [1.807, 2.05) is 6.07 Å². The van der Waals surface area contributed by atoms with Gasteiger partial charge in [-0.1, -0.05) is 18.2 Å². The lowest BCUT2D eigenvalue weighted by atomic mass is 9.83. The van der Waals surface area contributed by atoms with Crippen LogP contribution in [0.1, 0.15) is 40.0 Å². The summed E-state index contributed by atoms with van der Waals surface area (Å²) in [7, 11) is -3.52. The Bertz CT molecular complexity index is 1180. The third-order valence-corrected chi connectivity index (χ3v) is 6.30. The van der Waals surface area contributed by atoms with Crippen LogP contribution in [-0.4, -0.2) is 37.3 Å². The number of aromatic nitrogens is 1. The van der Waals surface area contributed by atoms with E-state index in [0.717, 1.165) is 23.2 Å². The van der Waals surface area contributed by atoms with E-state index < -0.39 is 22.0 Å². The number of Topliss-reactive ketones (excluding diaryl/α,β-unsaturated/α-hetero) is 1. The molecule has 1 fully saturated rings. The normalized spacial score (nSPS) is 20.7. The first-order chi connectivity index (χ1) is 15.2. The number of imide groups is 1. The van der Waals surface area contributed by atoms with Gasteiger partial charge in [-0.2, -0.15) is 8.42 Å². The predicted molar refractivity (Wildman–Crippen MR) is 115 cm³/mol. The summed E-state index contributed by atoms with van der Waals surface area (Å²) in [5.74, 6) is -1.69. The van der Waals surface area contributed by atoms with E-state index in [0.29, 0.717) is 30.5 Å². The third-order valence-electron chi connectivity index (χ3n) is 5.76. The average molecular weight is 458 g/mol. The molecule has 1 aromatic carbocycles. The Balaban J connectivity index is 1.43. The van der Waals surface area contributed by atoms with Crippen molar-refractivity contribution in [2.45, 2.75) is 32.4 Å². The number of benzene rings is 1. The Morgan fingerprint density at radius 1 is 1.16 bits per heavy atom. The molecule has 1 aliphatic carbocycles. The third kappa shape index (κ3) is 4.86. The molecule has 2 aromatic rings. The molecule has 1 saturated heterocycles. The number of nitrogens with zero attached hydrogens (tertiary/aromatic N) is 1. The van der Waals surface area contributed by atoms with Crippen LogP contribution in [0.3, 0.4) is 0 Å². The molecule has 2 aliphatic rings. The molecular weight excluding hydrogens is 434 g/mol. The Hall–Kier alpha value is -3.11. The van der Waals surface area contributed by atoms with Crippen molar-refractivity contribution in [3.8, 4) is 0 Å². The minimum absolute atomic E-state index is 0.0634. The molecule has 9 nitrogen and oxygen atoms in total. The van der Waals surface area contributed by atoms with Crippen molar-refractivity contribution in [1.82, 2.24) is 10.3 Å². The smallest absolute Gasteiger partial charge is 0.264 e. The van der Waals surface area contributed by atoms with Crippen LogP contribution in [0.5, 0.6) is 0 Å². The fourth-order valence-electron chi connectivity index (χ4n) is 4.14. The van der Waals surface area contributed by atoms with E-state index in [-0.39, 0.29) is 30.6 Å². The number of nitrogens with one attached hydrogen (secondary N) is 2. The van der Waals surface area contributed by atoms with E-state index in [2.05, 4.69) is 15.6 Å². The molecule has 0 bridgehead atoms. The van der Waals surface area contributed by atoms with Crippen LogP contribution in [0.2, 0.25) is 0 Å². The van der Waals surface area contributed by atoms with Gasteiger partial charge in [-0.15, -0.1) is 0 Å². The molecule has 2 atom stereocenters. The van der Waals surface area contributed by atoms with Crippen molar-refractivity contribution in [3.63, 3.8) is 0 Å². The molecule has 32 heavy (non-hydrogen) atoms. The number of piperidine rings is 1. The molecule has 2 N–H and O–H groups in total. The number of amides is 2. The van der Waals surface area contributed by atoms with Gasteiger partial charge in [0.05, 0.1) is 25.1 Å². The Kier molecular flexibility index (Phi) is 6.07. The van der Waals surface area contributed by atoms with Crippen molar-refractivity contribution in [2.75, 3.05) is 11.6 Å². The van der Waals surface area contributed by atoms with Crippen LogP contribution in [0.15, 0.2) is 36.5 Å². The summed E-state index contributed by atoms with van der Waals surface area (Å²) in [5, 5.41) is 5.64. The number of rotatable bonds is 7. The van der Waals surface area contributed by atoms with Gasteiger partial charge in [-0.25, -0.2) is 0 Å². The monoisotopic (exact) mass is 457 g/mol. The van der Waals surface area contributed by atoms with Gasteiger partial charge in [0.25, 0.3) is 10.1 Å². The summed E-state index contributed by atoms with van der Waals surface area (Å²) in [4.78, 5) is 41.0. The lowest BCUT2D eigenvalue weighted by Crippen LogP contribution is -2.44. The van der Waals surface area contributed by atoms with Crippen molar-refractivity contribution in [2.24, 2.45) is 11.8 Å². The lowest BCUT2D eigenvalue weighted by molar-refractivity contribution is -0.137. The highest BCUT2D eigenvalue weighted by Crippen LogP contribution is 2.38. The molecule has 1 aliphatic heterocycles. The molecule has 0 spiro atoms. The number of carbonyl (C=O) groups excluding carboxylic acids is 3. The summed E-state index contributed by atoms with van der Waals surface area (Å²) < 4.78 is 26.9. The highest BCUT2D eigenvalue weighted by Gasteiger charge is 2.42. The van der Waals surface area contributed by atoms with E-state index in [1.165, 1.54) is 0 Å². The first-order valence-electron chi connectivity index (χ1n) is 10.2. The molecule has 0 saturated carbocycles. The van der Waals surface area contributed by atoms with Gasteiger partial charge in [0.1, 0.15) is 0 Å². The van der Waals surface area contributed by atoms with Crippen LogP contribution >= 0.6 is 0 Å². The van der Waals surface area contributed by atoms with Crippen molar-refractivity contribution < 1.29 is 27.0 Å². The SMILES string of the molecule is CS(=O)(=O)OCc1ccc(CNc2cccc3c2C[C@@H](C2CCC(=O)NC2=O)C3=O)nc1. The number of hydrogen-bond donors (Lipinski definition) is 2. The van der Waals surface area contributed by atoms with E-state index in [4.69, 9.17) is 4.18 Å². The molecule has 168 valence electrons. The fourth-order valence-corrected chi connectivity index (χ4v) is 4.49. The van der Waals surface area contributed by atoms with Gasteiger partial charge in [0, 0.05) is 35.7 Å². The zero-order valence-electron chi connectivity index (χ0n) is 17.5. The maximum absolute atomic E-state index is 13.0. The predicted octanol–water partition coefficient (Wildman–Crippen LogP) is 1.58. The molecule has 0 radical (unpaired) electrons. The second kappa shape index (κ2) is 8.79. The van der Waals surface area contributed by atoms with Crippen molar-refractivity contribution >= 4 is 33.4 Å². The fraction of sp³-hybridized carbons (Fsp3) is 0.364. The van der Waals surface area contributed by atoms with Gasteiger partial charge in [-0.05, 0) is 36.1 Å². The highest BCUT2D eigenvalue weighted by molar-refractivity contribution is 7.85. The van der Waals surface area contributed by atoms with Gasteiger partial charge >= 0.3 is 0 Å². The minimum Gasteiger partial charge on any atom is -0.379 e. The van der Waals surface area contributed by atoms with E-state index in [1.54, 1.807) is 30.5 Å². The average Bonchev–Trinajstić information content (AvgIpc) is 3.08. The molecule has 2 amide bonds. The second-order valence-electron chi connectivity index (χ2n) is 8.04. The van der Waals surface area contributed by atoms with E-state index in [9.17, 15) is 22.8 Å². The van der Waals surface area contributed by atoms with Crippen molar-refractivity contribution in [1.29, 1.82) is 0 Å². The van der Waals surface area contributed by atoms with Gasteiger partial charge in [0.15, 0.2) is 5.78 Å². The summed E-state index contributed by atoms with van der Waals surface area (Å²) in [5.41, 5.74) is 3.64. The highest BCUT2D eigenvalue weighted by atomic mass is 32.2. The molecule has 1 unspecified atom stereocenters. The van der Waals surface area contributed by atoms with Gasteiger partial charge in [0.2, 0.25) is 11.8 Å². The minimum atomic E-state index is -3.52. The summed E-state index contributed by atoms with van der Waals surface area (Å²) in [6.45, 7) is 0.330. The number of hydrogen-bond acceptors (Lipinski definition) is 8. The number of ketones is 1. The topological polar surface area (TPSA) is 132 Å². The molecule has 10 heteroatoms. The summed E-state index contributed by atoms with van der Waals surface area (Å²) >= 11 is 0. The Morgan fingerprint density at radius 3 is 2.66 bits per heavy atom. The first kappa shape index (κ1) is 22.1. The van der Waals surface area contributed by atoms with Gasteiger partial charge < -0.3 is 5.32 Å². The number of pyridine rings is 1. The van der Waals surface area contributed by atoms with Crippen molar-refractivity contribution in [3.05, 3.63) is 58.9 Å². The number of anilines is 1. The number of fused-ring (bicyclic) bond motifs is 1. The standard InChI is InChI=1S/C22H23N3O6S/c1-32(29,30)31-12-13-5-6-14(23-10-13)11-24-19-4-2-3-15-17(19)9-18(21(15)27)16-7-8-20(26)25-22(16)28/h2-6,10,16,18,24H,7-9,11-12H2,1H3,(H,25,26,28)/t16?,18-/m0/s1. The molecule has 4 rings (SSSR count). The molecule has 1 aromatic heterocycles. The van der Waals surface area contributed by atoms with Crippen LogP contribution in [0.4, 0.5) is 5.69 Å². The summed E-state index contributed by atoms with van der Waals surface area (Å²) in [6, 6.07) is 8.96. The van der Waals surface area contributed by atoms with Crippen LogP contribution in [0.25, 0.3) is 0 Å². The van der Waals surface area contributed by atoms with Crippen LogP contribution < -0.4 is 10.6 Å². The van der Waals surface area contributed by atoms with E-state index >= 15 is 0 Å². The van der Waals surface area contributed by atoms with Crippen LogP contribution in [-0.2, 0) is 43.5 Å². The van der Waals surface area contributed by atoms with Crippen LogP contribution in [0, 0.1) is 11.8 Å². The second-order valence-corrected chi connectivity index (χ2v) is 9.69. The number of carbonyl (C=O) groups is 3. The first-order valence-corrected chi connectivity index (χ1v) is 12.0. The van der Waals surface area contributed by atoms with Gasteiger partial charge in [-0.3, -0.25) is 28.9 Å². The maximum atomic E-state index is 13.0. The maximum Gasteiger partial charge on any atom is 0.264 e. The largest absolute Gasteiger partial charge is 0.379 e. The zero-order chi connectivity index (χ0) is 22.9. The Labute approximate surface area is 185 Å². The summed E-state index contributed by atoms with van der Waals surface area (Å²) in [6.07, 6.45) is 3.63.